The Hall–Kier alpha value is -1.29. The zero-order valence-electron chi connectivity index (χ0n) is 9.24. The Kier molecular flexibility index (Phi) is 2.77. The smallest absolute Gasteiger partial charge is 0.0542 e. The minimum atomic E-state index is 0.844. The maximum Gasteiger partial charge on any atom is 0.0542 e. The van der Waals surface area contributed by atoms with E-state index in [1.165, 1.54) is 22.5 Å². The highest BCUT2D eigenvalue weighted by Crippen LogP contribution is 2.20. The third-order valence-corrected chi connectivity index (χ3v) is 3.52. The highest BCUT2D eigenvalue weighted by Gasteiger charge is 2.04. The molecule has 1 N–H and O–H groups in total. The molecule has 0 bridgehead atoms. The minimum Gasteiger partial charge on any atom is -0.380 e. The van der Waals surface area contributed by atoms with E-state index < -0.39 is 0 Å². The maximum absolute atomic E-state index is 4.22. The largest absolute Gasteiger partial charge is 0.380 e. The van der Waals surface area contributed by atoms with Crippen molar-refractivity contribution in [2.45, 2.75) is 20.4 Å². The molecule has 0 aliphatic carbocycles. The summed E-state index contributed by atoms with van der Waals surface area (Å²) in [6.45, 7) is 5.05. The van der Waals surface area contributed by atoms with Crippen LogP contribution >= 0.6 is 11.3 Å². The number of rotatable bonds is 3. The summed E-state index contributed by atoms with van der Waals surface area (Å²) in [4.78, 5) is 0. The van der Waals surface area contributed by atoms with Crippen molar-refractivity contribution in [3.8, 4) is 0 Å². The highest BCUT2D eigenvalue weighted by molar-refractivity contribution is 7.08. The van der Waals surface area contributed by atoms with Gasteiger partial charge in [-0.2, -0.15) is 5.10 Å². The second kappa shape index (κ2) is 4.06. The first kappa shape index (κ1) is 10.2. The maximum atomic E-state index is 4.22. The summed E-state index contributed by atoms with van der Waals surface area (Å²) in [6, 6.07) is 0. The lowest BCUT2D eigenvalue weighted by Crippen LogP contribution is -2.01. The predicted octanol–water partition coefficient (Wildman–Crippen LogP) is 2.71. The molecule has 2 aromatic heterocycles. The van der Waals surface area contributed by atoms with Crippen molar-refractivity contribution in [3.05, 3.63) is 33.8 Å². The van der Waals surface area contributed by atoms with Gasteiger partial charge < -0.3 is 5.32 Å². The molecule has 0 aliphatic heterocycles. The Morgan fingerprint density at radius 3 is 2.73 bits per heavy atom. The molecule has 3 nitrogen and oxygen atoms in total. The molecule has 4 heteroatoms. The molecule has 0 aliphatic rings. The average Bonchev–Trinajstić information content (AvgIpc) is 2.74. The van der Waals surface area contributed by atoms with E-state index in [4.69, 9.17) is 0 Å². The second-order valence-corrected chi connectivity index (χ2v) is 4.44. The molecular weight excluding hydrogens is 206 g/mol. The summed E-state index contributed by atoms with van der Waals surface area (Å²) in [5.41, 5.74) is 5.00. The Morgan fingerprint density at radius 1 is 1.40 bits per heavy atom. The van der Waals surface area contributed by atoms with Crippen LogP contribution in [0.5, 0.6) is 0 Å². The van der Waals surface area contributed by atoms with Gasteiger partial charge in [-0.15, -0.1) is 11.3 Å². The molecule has 0 radical (unpaired) electrons. The van der Waals surface area contributed by atoms with Crippen LogP contribution in [-0.4, -0.2) is 9.78 Å². The monoisotopic (exact) mass is 221 g/mol. The fourth-order valence-corrected chi connectivity index (χ4v) is 2.25. The highest BCUT2D eigenvalue weighted by atomic mass is 32.1. The van der Waals surface area contributed by atoms with E-state index in [1.807, 2.05) is 17.9 Å². The molecule has 0 saturated heterocycles. The van der Waals surface area contributed by atoms with E-state index in [0.29, 0.717) is 0 Å². The zero-order valence-corrected chi connectivity index (χ0v) is 10.1. The molecular formula is C11H15N3S. The number of nitrogens with zero attached hydrogens (tertiary/aromatic N) is 2. The molecule has 2 heterocycles. The van der Waals surface area contributed by atoms with Gasteiger partial charge in [0.1, 0.15) is 0 Å². The molecule has 0 atom stereocenters. The van der Waals surface area contributed by atoms with Crippen molar-refractivity contribution in [3.63, 3.8) is 0 Å². The molecule has 0 unspecified atom stereocenters. The minimum absolute atomic E-state index is 0.844. The number of hydrogen-bond acceptors (Lipinski definition) is 3. The van der Waals surface area contributed by atoms with Crippen molar-refractivity contribution >= 4 is 17.0 Å². The van der Waals surface area contributed by atoms with Crippen LogP contribution in [0.2, 0.25) is 0 Å². The van der Waals surface area contributed by atoms with Gasteiger partial charge in [-0.05, 0) is 24.8 Å². The van der Waals surface area contributed by atoms with Crippen LogP contribution in [0.4, 0.5) is 5.69 Å². The summed E-state index contributed by atoms with van der Waals surface area (Å²) in [5, 5.41) is 11.9. The van der Waals surface area contributed by atoms with Gasteiger partial charge in [-0.3, -0.25) is 4.68 Å². The van der Waals surface area contributed by atoms with Crippen LogP contribution in [0.3, 0.4) is 0 Å². The van der Waals surface area contributed by atoms with Crippen molar-refractivity contribution in [2.75, 3.05) is 5.32 Å². The van der Waals surface area contributed by atoms with E-state index in [-0.39, 0.29) is 0 Å². The fourth-order valence-electron chi connectivity index (χ4n) is 1.45. The lowest BCUT2D eigenvalue weighted by atomic mass is 10.2. The standard InChI is InChI=1S/C11H15N3S/c1-8-6-15-7-11(8)12-4-10-5-13-14(3)9(10)2/h5-7,12H,4H2,1-3H3. The predicted molar refractivity (Wildman–Crippen MR) is 64.3 cm³/mol. The summed E-state index contributed by atoms with van der Waals surface area (Å²) < 4.78 is 1.90. The van der Waals surface area contributed by atoms with E-state index >= 15 is 0 Å². The molecule has 0 fully saturated rings. The van der Waals surface area contributed by atoms with Crippen LogP contribution < -0.4 is 5.32 Å². The summed E-state index contributed by atoms with van der Waals surface area (Å²) >= 11 is 1.73. The van der Waals surface area contributed by atoms with Gasteiger partial charge in [0.05, 0.1) is 6.20 Å². The average molecular weight is 221 g/mol. The number of nitrogens with one attached hydrogen (secondary N) is 1. The topological polar surface area (TPSA) is 29.9 Å². The first-order valence-corrected chi connectivity index (χ1v) is 5.87. The molecule has 2 rings (SSSR count). The third-order valence-electron chi connectivity index (χ3n) is 2.66. The lowest BCUT2D eigenvalue weighted by Gasteiger charge is -2.05. The van der Waals surface area contributed by atoms with Gasteiger partial charge in [0.25, 0.3) is 0 Å². The molecule has 0 saturated carbocycles. The number of hydrogen-bond donors (Lipinski definition) is 1. The van der Waals surface area contributed by atoms with E-state index in [1.54, 1.807) is 11.3 Å². The molecule has 0 aromatic carbocycles. The zero-order chi connectivity index (χ0) is 10.8. The number of aryl methyl sites for hydroxylation is 2. The third kappa shape index (κ3) is 2.04. The van der Waals surface area contributed by atoms with Crippen LogP contribution in [-0.2, 0) is 13.6 Å². The summed E-state index contributed by atoms with van der Waals surface area (Å²) in [5.74, 6) is 0. The van der Waals surface area contributed by atoms with E-state index in [0.717, 1.165) is 6.54 Å². The number of anilines is 1. The number of aromatic nitrogens is 2. The molecule has 15 heavy (non-hydrogen) atoms. The SMILES string of the molecule is Cc1cscc1NCc1cnn(C)c1C. The van der Waals surface area contributed by atoms with Gasteiger partial charge in [-0.1, -0.05) is 0 Å². The van der Waals surface area contributed by atoms with Crippen molar-refractivity contribution in [1.29, 1.82) is 0 Å². The molecule has 80 valence electrons. The first-order chi connectivity index (χ1) is 7.18. The van der Waals surface area contributed by atoms with Crippen LogP contribution in [0.25, 0.3) is 0 Å². The number of thiophene rings is 1. The van der Waals surface area contributed by atoms with Crippen LogP contribution in [0, 0.1) is 13.8 Å². The van der Waals surface area contributed by atoms with Gasteiger partial charge in [-0.25, -0.2) is 0 Å². The van der Waals surface area contributed by atoms with Crippen molar-refractivity contribution < 1.29 is 0 Å². The van der Waals surface area contributed by atoms with Gasteiger partial charge in [0.15, 0.2) is 0 Å². The van der Waals surface area contributed by atoms with Gasteiger partial charge >= 0.3 is 0 Å². The molecule has 0 amide bonds. The Morgan fingerprint density at radius 2 is 2.20 bits per heavy atom. The van der Waals surface area contributed by atoms with Gasteiger partial charge in [0, 0.05) is 35.9 Å². The molecule has 2 aromatic rings. The van der Waals surface area contributed by atoms with Crippen LogP contribution in [0.1, 0.15) is 16.8 Å². The summed E-state index contributed by atoms with van der Waals surface area (Å²) in [7, 11) is 1.97. The Balaban J connectivity index is 2.05. The van der Waals surface area contributed by atoms with E-state index in [9.17, 15) is 0 Å². The van der Waals surface area contributed by atoms with Crippen molar-refractivity contribution in [1.82, 2.24) is 9.78 Å². The van der Waals surface area contributed by atoms with Gasteiger partial charge in [0.2, 0.25) is 0 Å². The van der Waals surface area contributed by atoms with Crippen molar-refractivity contribution in [2.24, 2.45) is 7.05 Å². The normalized spacial score (nSPS) is 10.6. The quantitative estimate of drug-likeness (QED) is 0.863. The molecule has 0 spiro atoms. The lowest BCUT2D eigenvalue weighted by molar-refractivity contribution is 0.738. The fraction of sp³-hybridized carbons (Fsp3) is 0.364. The Bertz CT molecular complexity index is 456. The van der Waals surface area contributed by atoms with Crippen LogP contribution in [0.15, 0.2) is 17.0 Å². The Labute approximate surface area is 93.7 Å². The van der Waals surface area contributed by atoms with E-state index in [2.05, 4.69) is 35.0 Å². The second-order valence-electron chi connectivity index (χ2n) is 3.70. The first-order valence-electron chi connectivity index (χ1n) is 4.92. The summed E-state index contributed by atoms with van der Waals surface area (Å²) in [6.07, 6.45) is 1.92.